The van der Waals surface area contributed by atoms with Crippen molar-refractivity contribution < 1.29 is 5.11 Å². The Hall–Kier alpha value is -1.36. The molecule has 5 heteroatoms. The maximum atomic E-state index is 8.76. The molecule has 0 spiro atoms. The first-order chi connectivity index (χ1) is 9.90. The van der Waals surface area contributed by atoms with Crippen LogP contribution in [0, 0.1) is 6.92 Å². The first-order valence-electron chi connectivity index (χ1n) is 7.81. The molecule has 1 rings (SSSR count). The lowest BCUT2D eigenvalue weighted by Gasteiger charge is -2.20. The van der Waals surface area contributed by atoms with Crippen LogP contribution in [0.1, 0.15) is 57.8 Å². The first-order valence-corrected chi connectivity index (χ1v) is 7.81. The van der Waals surface area contributed by atoms with Crippen molar-refractivity contribution in [3.63, 3.8) is 0 Å². The summed E-state index contributed by atoms with van der Waals surface area (Å²) >= 11 is 0. The number of aliphatic hydroxyl groups is 1. The third-order valence-corrected chi connectivity index (χ3v) is 3.43. The monoisotopic (exact) mass is 294 g/mol. The maximum absolute atomic E-state index is 8.76. The van der Waals surface area contributed by atoms with Gasteiger partial charge in [-0.2, -0.15) is 0 Å². The lowest BCUT2D eigenvalue weighted by atomic mass is 9.95. The minimum absolute atomic E-state index is 0.0726. The molecule has 0 aromatic carbocycles. The van der Waals surface area contributed by atoms with Crippen molar-refractivity contribution in [2.75, 3.05) is 30.8 Å². The van der Waals surface area contributed by atoms with E-state index in [4.69, 9.17) is 5.11 Å². The zero-order chi connectivity index (χ0) is 15.9. The van der Waals surface area contributed by atoms with Crippen molar-refractivity contribution in [1.29, 1.82) is 0 Å². The summed E-state index contributed by atoms with van der Waals surface area (Å²) in [5.74, 6) is 2.65. The van der Waals surface area contributed by atoms with Gasteiger partial charge in [0.05, 0.1) is 0 Å². The van der Waals surface area contributed by atoms with Crippen LogP contribution in [0.3, 0.4) is 0 Å². The number of hydrogen-bond donors (Lipinski definition) is 3. The number of nitrogens with one attached hydrogen (secondary N) is 2. The van der Waals surface area contributed by atoms with Gasteiger partial charge < -0.3 is 15.7 Å². The molecule has 0 radical (unpaired) electrons. The number of nitrogens with zero attached hydrogens (tertiary/aromatic N) is 2. The lowest BCUT2D eigenvalue weighted by Crippen LogP contribution is -2.19. The van der Waals surface area contributed by atoms with Crippen molar-refractivity contribution in [2.45, 2.75) is 58.8 Å². The van der Waals surface area contributed by atoms with Gasteiger partial charge in [-0.3, -0.25) is 0 Å². The van der Waals surface area contributed by atoms with Crippen LogP contribution >= 0.6 is 0 Å². The molecule has 0 unspecified atom stereocenters. The molecule has 0 amide bonds. The van der Waals surface area contributed by atoms with Gasteiger partial charge in [-0.15, -0.1) is 0 Å². The second-order valence-corrected chi connectivity index (χ2v) is 6.43. The molecule has 3 N–H and O–H groups in total. The standard InChI is InChI=1S/C16H30N4O/c1-12-13(17-5)19-15(16(2,3)4)20-14(12)18-10-8-6-7-9-11-21/h21H,6-11H2,1-5H3,(H2,17,18,19,20). The molecule has 1 aromatic heterocycles. The number of unbranched alkanes of at least 4 members (excludes halogenated alkanes) is 3. The van der Waals surface area contributed by atoms with E-state index >= 15 is 0 Å². The fourth-order valence-electron chi connectivity index (χ4n) is 2.06. The quantitative estimate of drug-likeness (QED) is 0.643. The summed E-state index contributed by atoms with van der Waals surface area (Å²) in [7, 11) is 1.89. The van der Waals surface area contributed by atoms with Crippen LogP contribution in [-0.2, 0) is 5.41 Å². The molecule has 0 saturated heterocycles. The normalized spacial score (nSPS) is 11.5. The number of anilines is 2. The van der Waals surface area contributed by atoms with E-state index in [2.05, 4.69) is 41.4 Å². The molecule has 1 heterocycles. The van der Waals surface area contributed by atoms with Crippen LogP contribution in [0.4, 0.5) is 11.6 Å². The Bertz CT molecular complexity index is 441. The predicted molar refractivity (Wildman–Crippen MR) is 89.1 cm³/mol. The Kier molecular flexibility index (Phi) is 6.89. The summed E-state index contributed by atoms with van der Waals surface area (Å²) in [6.07, 6.45) is 4.19. The molecule has 0 saturated carbocycles. The number of aromatic nitrogens is 2. The van der Waals surface area contributed by atoms with E-state index < -0.39 is 0 Å². The third-order valence-electron chi connectivity index (χ3n) is 3.43. The van der Waals surface area contributed by atoms with Gasteiger partial charge in [0.25, 0.3) is 0 Å². The van der Waals surface area contributed by atoms with Crippen LogP contribution in [0.5, 0.6) is 0 Å². The molecule has 1 aromatic rings. The highest BCUT2D eigenvalue weighted by Gasteiger charge is 2.20. The van der Waals surface area contributed by atoms with Crippen LogP contribution < -0.4 is 10.6 Å². The fourth-order valence-corrected chi connectivity index (χ4v) is 2.06. The molecule has 0 aliphatic heterocycles. The average Bonchev–Trinajstić information content (AvgIpc) is 2.43. The van der Waals surface area contributed by atoms with Gasteiger partial charge in [0.2, 0.25) is 0 Å². The van der Waals surface area contributed by atoms with Gasteiger partial charge in [-0.05, 0) is 19.8 Å². The summed E-state index contributed by atoms with van der Waals surface area (Å²) in [4.78, 5) is 9.29. The molecule has 0 aliphatic carbocycles. The van der Waals surface area contributed by atoms with Gasteiger partial charge in [0, 0.05) is 31.2 Å². The Morgan fingerprint density at radius 1 is 1.00 bits per heavy atom. The third kappa shape index (κ3) is 5.50. The molecular weight excluding hydrogens is 264 g/mol. The number of aliphatic hydroxyl groups excluding tert-OH is 1. The Morgan fingerprint density at radius 2 is 1.62 bits per heavy atom. The molecule has 21 heavy (non-hydrogen) atoms. The molecule has 0 fully saturated rings. The molecule has 0 atom stereocenters. The maximum Gasteiger partial charge on any atom is 0.138 e. The summed E-state index contributed by atoms with van der Waals surface area (Å²) in [6.45, 7) is 9.59. The SMILES string of the molecule is CNc1nc(C(C)(C)C)nc(NCCCCCCO)c1C. The van der Waals surface area contributed by atoms with Crippen LogP contribution in [0.15, 0.2) is 0 Å². The van der Waals surface area contributed by atoms with Gasteiger partial charge in [0.1, 0.15) is 17.5 Å². The topological polar surface area (TPSA) is 70.1 Å². The van der Waals surface area contributed by atoms with Crippen LogP contribution in [0.2, 0.25) is 0 Å². The van der Waals surface area contributed by atoms with Crippen molar-refractivity contribution >= 4 is 11.6 Å². The summed E-state index contributed by atoms with van der Waals surface area (Å²) < 4.78 is 0. The highest BCUT2D eigenvalue weighted by molar-refractivity contribution is 5.57. The minimum atomic E-state index is -0.0726. The smallest absolute Gasteiger partial charge is 0.138 e. The molecular formula is C16H30N4O. The van der Waals surface area contributed by atoms with E-state index in [0.717, 1.165) is 55.3 Å². The average molecular weight is 294 g/mol. The highest BCUT2D eigenvalue weighted by Crippen LogP contribution is 2.26. The second-order valence-electron chi connectivity index (χ2n) is 6.43. The van der Waals surface area contributed by atoms with E-state index in [9.17, 15) is 0 Å². The van der Waals surface area contributed by atoms with Gasteiger partial charge in [0.15, 0.2) is 0 Å². The largest absolute Gasteiger partial charge is 0.396 e. The van der Waals surface area contributed by atoms with E-state index in [-0.39, 0.29) is 5.41 Å². The summed E-state index contributed by atoms with van der Waals surface area (Å²) in [5, 5.41) is 15.3. The molecule has 5 nitrogen and oxygen atoms in total. The Balaban J connectivity index is 2.72. The van der Waals surface area contributed by atoms with Crippen LogP contribution in [-0.4, -0.2) is 35.3 Å². The Labute approximate surface area is 128 Å². The van der Waals surface area contributed by atoms with E-state index in [1.54, 1.807) is 0 Å². The molecule has 0 bridgehead atoms. The van der Waals surface area contributed by atoms with Gasteiger partial charge >= 0.3 is 0 Å². The first kappa shape index (κ1) is 17.7. The molecule has 0 aliphatic rings. The van der Waals surface area contributed by atoms with Crippen LogP contribution in [0.25, 0.3) is 0 Å². The number of rotatable bonds is 8. The van der Waals surface area contributed by atoms with Crippen molar-refractivity contribution in [3.8, 4) is 0 Å². The minimum Gasteiger partial charge on any atom is -0.396 e. The van der Waals surface area contributed by atoms with Gasteiger partial charge in [-0.1, -0.05) is 33.6 Å². The van der Waals surface area contributed by atoms with Gasteiger partial charge in [-0.25, -0.2) is 9.97 Å². The Morgan fingerprint density at radius 3 is 2.19 bits per heavy atom. The lowest BCUT2D eigenvalue weighted by molar-refractivity contribution is 0.283. The predicted octanol–water partition coefficient (Wildman–Crippen LogP) is 3.09. The molecule has 120 valence electrons. The second kappa shape index (κ2) is 8.17. The summed E-state index contributed by atoms with van der Waals surface area (Å²) in [6, 6.07) is 0. The highest BCUT2D eigenvalue weighted by atomic mass is 16.2. The van der Waals surface area contributed by atoms with E-state index in [0.29, 0.717) is 6.61 Å². The summed E-state index contributed by atoms with van der Waals surface area (Å²) in [5.41, 5.74) is 0.984. The zero-order valence-electron chi connectivity index (χ0n) is 14.1. The fraction of sp³-hybridized carbons (Fsp3) is 0.750. The zero-order valence-corrected chi connectivity index (χ0v) is 14.1. The van der Waals surface area contributed by atoms with Crippen molar-refractivity contribution in [3.05, 3.63) is 11.4 Å². The van der Waals surface area contributed by atoms with E-state index in [1.165, 1.54) is 0 Å². The van der Waals surface area contributed by atoms with E-state index in [1.807, 2.05) is 14.0 Å². The van der Waals surface area contributed by atoms with Crippen molar-refractivity contribution in [1.82, 2.24) is 9.97 Å². The van der Waals surface area contributed by atoms with Crippen molar-refractivity contribution in [2.24, 2.45) is 0 Å². The number of hydrogen-bond acceptors (Lipinski definition) is 5.